The Kier molecular flexibility index (Phi) is 5.13. The van der Waals surface area contributed by atoms with Gasteiger partial charge in [0.15, 0.2) is 0 Å². The highest BCUT2D eigenvalue weighted by Crippen LogP contribution is 2.45. The Morgan fingerprint density at radius 1 is 1.00 bits per heavy atom. The van der Waals surface area contributed by atoms with E-state index in [1.54, 1.807) is 30.3 Å². The molecular formula is C22H26N2O2. The predicted octanol–water partition coefficient (Wildman–Crippen LogP) is 5.11. The number of anilines is 1. The van der Waals surface area contributed by atoms with Gasteiger partial charge in [0.2, 0.25) is 0 Å². The highest BCUT2D eigenvalue weighted by atomic mass is 16.3. The van der Waals surface area contributed by atoms with Crippen LogP contribution in [0, 0.1) is 11.3 Å². The molecule has 2 rings (SSSR count). The van der Waals surface area contributed by atoms with Crippen molar-refractivity contribution in [3.05, 3.63) is 58.7 Å². The van der Waals surface area contributed by atoms with E-state index in [-0.39, 0.29) is 22.6 Å². The van der Waals surface area contributed by atoms with Crippen LogP contribution in [0.25, 0.3) is 0 Å². The summed E-state index contributed by atoms with van der Waals surface area (Å²) in [6.45, 7) is 12.0. The molecule has 0 aliphatic rings. The van der Waals surface area contributed by atoms with Crippen molar-refractivity contribution in [1.82, 2.24) is 0 Å². The lowest BCUT2D eigenvalue weighted by Crippen LogP contribution is -2.26. The van der Waals surface area contributed by atoms with Gasteiger partial charge < -0.3 is 10.4 Å². The van der Waals surface area contributed by atoms with Gasteiger partial charge in [-0.1, -0.05) is 59.7 Å². The Bertz CT molecular complexity index is 864. The largest absolute Gasteiger partial charge is 0.506 e. The summed E-state index contributed by atoms with van der Waals surface area (Å²) in [5.41, 5.74) is 2.05. The van der Waals surface area contributed by atoms with Crippen molar-refractivity contribution in [2.45, 2.75) is 52.4 Å². The summed E-state index contributed by atoms with van der Waals surface area (Å²) in [5.74, 6) is -0.256. The second-order valence-corrected chi connectivity index (χ2v) is 8.50. The van der Waals surface area contributed by atoms with E-state index in [9.17, 15) is 15.2 Å². The first kappa shape index (κ1) is 19.5. The number of benzene rings is 2. The molecule has 0 aliphatic heterocycles. The van der Waals surface area contributed by atoms with Crippen molar-refractivity contribution in [3.8, 4) is 11.8 Å². The first-order valence-corrected chi connectivity index (χ1v) is 8.64. The highest BCUT2D eigenvalue weighted by molar-refractivity contribution is 6.05. The molecule has 4 heteroatoms. The second-order valence-electron chi connectivity index (χ2n) is 8.50. The zero-order valence-electron chi connectivity index (χ0n) is 16.3. The minimum Gasteiger partial charge on any atom is -0.506 e. The van der Waals surface area contributed by atoms with Gasteiger partial charge in [0.1, 0.15) is 11.8 Å². The maximum absolute atomic E-state index is 12.7. The molecule has 2 N–H and O–H groups in total. The SMILES string of the molecule is CC(C)(C)c1c(NC(=O)c2ccccc2)cc(C#N)c(O)c1C(C)(C)C. The molecule has 0 fully saturated rings. The third-order valence-corrected chi connectivity index (χ3v) is 4.20. The second kappa shape index (κ2) is 6.84. The van der Waals surface area contributed by atoms with Crippen molar-refractivity contribution in [2.24, 2.45) is 0 Å². The summed E-state index contributed by atoms with van der Waals surface area (Å²) in [6, 6.07) is 12.5. The van der Waals surface area contributed by atoms with Crippen LogP contribution in [-0.2, 0) is 10.8 Å². The first-order valence-electron chi connectivity index (χ1n) is 8.64. The molecule has 0 aliphatic carbocycles. The van der Waals surface area contributed by atoms with Gasteiger partial charge in [-0.3, -0.25) is 4.79 Å². The van der Waals surface area contributed by atoms with E-state index in [1.807, 2.05) is 53.7 Å². The number of carbonyl (C=O) groups excluding carboxylic acids is 1. The van der Waals surface area contributed by atoms with Gasteiger partial charge in [-0.25, -0.2) is 0 Å². The number of phenols is 1. The maximum Gasteiger partial charge on any atom is 0.255 e. The minimum absolute atomic E-state index is 0.0114. The molecule has 0 spiro atoms. The zero-order chi connectivity index (χ0) is 19.7. The van der Waals surface area contributed by atoms with Crippen molar-refractivity contribution in [3.63, 3.8) is 0 Å². The van der Waals surface area contributed by atoms with E-state index in [0.717, 1.165) is 5.56 Å². The first-order chi connectivity index (χ1) is 12.0. The maximum atomic E-state index is 12.7. The summed E-state index contributed by atoms with van der Waals surface area (Å²) < 4.78 is 0. The fraction of sp³-hybridized carbons (Fsp3) is 0.364. The molecule has 2 aromatic carbocycles. The number of nitriles is 1. The molecule has 0 radical (unpaired) electrons. The Labute approximate surface area is 155 Å². The normalized spacial score (nSPS) is 11.7. The molecule has 0 saturated heterocycles. The van der Waals surface area contributed by atoms with Crippen LogP contribution in [0.4, 0.5) is 5.69 Å². The van der Waals surface area contributed by atoms with Crippen LogP contribution in [0.2, 0.25) is 0 Å². The molecule has 0 bridgehead atoms. The van der Waals surface area contributed by atoms with E-state index >= 15 is 0 Å². The molecule has 26 heavy (non-hydrogen) atoms. The monoisotopic (exact) mass is 350 g/mol. The van der Waals surface area contributed by atoms with Crippen LogP contribution in [0.15, 0.2) is 36.4 Å². The van der Waals surface area contributed by atoms with Crippen LogP contribution in [0.1, 0.15) is 68.6 Å². The number of carbonyl (C=O) groups is 1. The molecule has 0 aromatic heterocycles. The smallest absolute Gasteiger partial charge is 0.255 e. The lowest BCUT2D eigenvalue weighted by molar-refractivity contribution is 0.102. The average molecular weight is 350 g/mol. The number of hydrogen-bond donors (Lipinski definition) is 2. The van der Waals surface area contributed by atoms with Gasteiger partial charge in [0.05, 0.1) is 5.56 Å². The molecule has 1 amide bonds. The van der Waals surface area contributed by atoms with Gasteiger partial charge in [0, 0.05) is 16.8 Å². The van der Waals surface area contributed by atoms with Crippen molar-refractivity contribution in [1.29, 1.82) is 5.26 Å². The lowest BCUT2D eigenvalue weighted by Gasteiger charge is -2.33. The van der Waals surface area contributed by atoms with Crippen LogP contribution in [0.3, 0.4) is 0 Å². The summed E-state index contributed by atoms with van der Waals surface area (Å²) in [5, 5.41) is 23.1. The van der Waals surface area contributed by atoms with Gasteiger partial charge in [-0.15, -0.1) is 0 Å². The Morgan fingerprint density at radius 3 is 2.00 bits per heavy atom. The third-order valence-electron chi connectivity index (χ3n) is 4.20. The van der Waals surface area contributed by atoms with Gasteiger partial charge in [0.25, 0.3) is 5.91 Å². The number of hydrogen-bond acceptors (Lipinski definition) is 3. The average Bonchev–Trinajstić information content (AvgIpc) is 2.54. The van der Waals surface area contributed by atoms with E-state index < -0.39 is 5.41 Å². The Morgan fingerprint density at radius 2 is 1.54 bits per heavy atom. The quantitative estimate of drug-likeness (QED) is 0.739. The molecule has 0 saturated carbocycles. The van der Waals surface area contributed by atoms with E-state index in [2.05, 4.69) is 5.32 Å². The lowest BCUT2D eigenvalue weighted by atomic mass is 9.73. The third kappa shape index (κ3) is 3.88. The zero-order valence-corrected chi connectivity index (χ0v) is 16.3. The van der Waals surface area contributed by atoms with Crippen LogP contribution in [0.5, 0.6) is 5.75 Å². The van der Waals surface area contributed by atoms with Crippen molar-refractivity contribution < 1.29 is 9.90 Å². The summed E-state index contributed by atoms with van der Waals surface area (Å²) in [6.07, 6.45) is 0. The van der Waals surface area contributed by atoms with Gasteiger partial charge in [-0.05, 0) is 34.6 Å². The van der Waals surface area contributed by atoms with E-state index in [1.165, 1.54) is 0 Å². The highest BCUT2D eigenvalue weighted by Gasteiger charge is 2.33. The fourth-order valence-electron chi connectivity index (χ4n) is 3.15. The molecule has 0 heterocycles. The standard InChI is InChI=1S/C22H26N2O2/c1-21(2,3)17-16(24-20(26)14-10-8-7-9-11-14)12-15(13-23)19(25)18(17)22(4,5)6/h7-12,25H,1-6H3,(H,24,26). The minimum atomic E-state index is -0.397. The number of amides is 1. The summed E-state index contributed by atoms with van der Waals surface area (Å²) >= 11 is 0. The van der Waals surface area contributed by atoms with Gasteiger partial charge >= 0.3 is 0 Å². The molecule has 0 unspecified atom stereocenters. The molecule has 136 valence electrons. The molecule has 2 aromatic rings. The Hall–Kier alpha value is -2.80. The molecule has 4 nitrogen and oxygen atoms in total. The molecule has 0 atom stereocenters. The number of nitrogens with zero attached hydrogens (tertiary/aromatic N) is 1. The van der Waals surface area contributed by atoms with Crippen LogP contribution in [-0.4, -0.2) is 11.0 Å². The van der Waals surface area contributed by atoms with E-state index in [4.69, 9.17) is 0 Å². The van der Waals surface area contributed by atoms with E-state index in [0.29, 0.717) is 16.8 Å². The van der Waals surface area contributed by atoms with Crippen molar-refractivity contribution >= 4 is 11.6 Å². The fourth-order valence-corrected chi connectivity index (χ4v) is 3.15. The molecular weight excluding hydrogens is 324 g/mol. The number of rotatable bonds is 2. The summed E-state index contributed by atoms with van der Waals surface area (Å²) in [7, 11) is 0. The number of nitrogens with one attached hydrogen (secondary N) is 1. The predicted molar refractivity (Wildman–Crippen MR) is 105 cm³/mol. The summed E-state index contributed by atoms with van der Waals surface area (Å²) in [4.78, 5) is 12.7. The van der Waals surface area contributed by atoms with Crippen LogP contribution < -0.4 is 5.32 Å². The van der Waals surface area contributed by atoms with Crippen molar-refractivity contribution in [2.75, 3.05) is 5.32 Å². The van der Waals surface area contributed by atoms with Crippen LogP contribution >= 0.6 is 0 Å². The van der Waals surface area contributed by atoms with Gasteiger partial charge in [-0.2, -0.15) is 5.26 Å². The number of phenolic OH excluding ortho intramolecular Hbond substituents is 1. The Balaban J connectivity index is 2.72. The topological polar surface area (TPSA) is 73.1 Å². The number of aromatic hydroxyl groups is 1.